The molecule has 3 nitrogen and oxygen atoms in total. The number of nitrogens with one attached hydrogen (secondary N) is 1. The average Bonchev–Trinajstić information content (AvgIpc) is 2.14. The van der Waals surface area contributed by atoms with Crippen LogP contribution in [0.25, 0.3) is 0 Å². The molecule has 90 valence electrons. The van der Waals surface area contributed by atoms with E-state index in [1.807, 2.05) is 5.32 Å². The minimum absolute atomic E-state index is 0.276. The summed E-state index contributed by atoms with van der Waals surface area (Å²) < 4.78 is 48.7. The summed E-state index contributed by atoms with van der Waals surface area (Å²) >= 11 is 0. The van der Waals surface area contributed by atoms with Crippen LogP contribution in [-0.2, 0) is 4.79 Å². The predicted molar refractivity (Wildman–Crippen MR) is 50.4 cm³/mol. The van der Waals surface area contributed by atoms with Gasteiger partial charge in [0.05, 0.1) is 5.69 Å². The van der Waals surface area contributed by atoms with Gasteiger partial charge >= 0.3 is 6.18 Å². The fourth-order valence-corrected chi connectivity index (χ4v) is 1.12. The highest BCUT2D eigenvalue weighted by Crippen LogP contribution is 2.22. The Balaban J connectivity index is 2.87. The first kappa shape index (κ1) is 13.0. The molecule has 0 aliphatic rings. The molecule has 1 N–H and O–H groups in total. The van der Waals surface area contributed by atoms with Crippen molar-refractivity contribution in [2.45, 2.75) is 12.6 Å². The fourth-order valence-electron chi connectivity index (χ4n) is 1.12. The van der Waals surface area contributed by atoms with E-state index >= 15 is 0 Å². The van der Waals surface area contributed by atoms with Gasteiger partial charge in [-0.1, -0.05) is 6.07 Å². The summed E-state index contributed by atoms with van der Waals surface area (Å²) in [5, 5.41) is 10.4. The monoisotopic (exact) mass is 246 g/mol. The number of nitrogens with zero attached hydrogens (tertiary/aromatic N) is 1. The highest BCUT2D eigenvalue weighted by atomic mass is 19.4. The smallest absolute Gasteiger partial charge is 0.325 e. The van der Waals surface area contributed by atoms with Gasteiger partial charge in [0.2, 0.25) is 5.91 Å². The zero-order valence-electron chi connectivity index (χ0n) is 8.31. The zero-order chi connectivity index (χ0) is 13.1. The van der Waals surface area contributed by atoms with Gasteiger partial charge in [-0.3, -0.25) is 4.79 Å². The molecule has 7 heteroatoms. The summed E-state index contributed by atoms with van der Waals surface area (Å²) in [7, 11) is 0. The van der Waals surface area contributed by atoms with Gasteiger partial charge in [-0.05, 0) is 12.1 Å². The number of carbonyl (C=O) groups is 1. The standard InChI is InChI=1S/C10H6F4N2O/c11-7-2-1-3-8(6(7)5-15)16-9(17)4-10(12,13)14/h1-3H,4H2,(H,16,17). The molecule has 0 atom stereocenters. The highest BCUT2D eigenvalue weighted by molar-refractivity contribution is 5.92. The Hall–Kier alpha value is -2.10. The van der Waals surface area contributed by atoms with Crippen LogP contribution in [0.3, 0.4) is 0 Å². The summed E-state index contributed by atoms with van der Waals surface area (Å²) in [4.78, 5) is 10.9. The Labute approximate surface area is 93.7 Å². The second-order valence-electron chi connectivity index (χ2n) is 3.11. The normalized spacial score (nSPS) is 10.8. The molecule has 1 aromatic rings. The highest BCUT2D eigenvalue weighted by Gasteiger charge is 2.31. The predicted octanol–water partition coefficient (Wildman–Crippen LogP) is 2.59. The molecule has 1 amide bonds. The minimum atomic E-state index is -4.65. The van der Waals surface area contributed by atoms with Crippen molar-refractivity contribution in [1.29, 1.82) is 5.26 Å². The van der Waals surface area contributed by atoms with Gasteiger partial charge in [-0.25, -0.2) is 4.39 Å². The lowest BCUT2D eigenvalue weighted by Crippen LogP contribution is -2.21. The summed E-state index contributed by atoms with van der Waals surface area (Å²) in [6.45, 7) is 0. The summed E-state index contributed by atoms with van der Waals surface area (Å²) in [5.41, 5.74) is -0.773. The van der Waals surface area contributed by atoms with E-state index in [4.69, 9.17) is 5.26 Å². The van der Waals surface area contributed by atoms with Crippen LogP contribution >= 0.6 is 0 Å². The van der Waals surface area contributed by atoms with Crippen LogP contribution in [0.2, 0.25) is 0 Å². The maximum Gasteiger partial charge on any atom is 0.397 e. The van der Waals surface area contributed by atoms with Crippen molar-refractivity contribution in [3.63, 3.8) is 0 Å². The second-order valence-corrected chi connectivity index (χ2v) is 3.11. The number of nitriles is 1. The number of alkyl halides is 3. The molecule has 0 spiro atoms. The Morgan fingerprint density at radius 3 is 2.59 bits per heavy atom. The lowest BCUT2D eigenvalue weighted by Gasteiger charge is -2.09. The number of halogens is 4. The maximum atomic E-state index is 13.0. The van der Waals surface area contributed by atoms with E-state index in [0.717, 1.165) is 12.1 Å². The molecule has 1 aromatic carbocycles. The molecular weight excluding hydrogens is 240 g/mol. The number of carbonyl (C=O) groups excluding carboxylic acids is 1. The van der Waals surface area contributed by atoms with Crippen molar-refractivity contribution in [3.05, 3.63) is 29.6 Å². The number of hydrogen-bond acceptors (Lipinski definition) is 2. The Morgan fingerprint density at radius 2 is 2.06 bits per heavy atom. The SMILES string of the molecule is N#Cc1c(F)cccc1NC(=O)CC(F)(F)F. The number of benzene rings is 1. The van der Waals surface area contributed by atoms with Gasteiger partial charge in [-0.2, -0.15) is 18.4 Å². The third-order valence-corrected chi connectivity index (χ3v) is 1.76. The van der Waals surface area contributed by atoms with Crippen molar-refractivity contribution in [2.24, 2.45) is 0 Å². The van der Waals surface area contributed by atoms with Gasteiger partial charge in [0, 0.05) is 0 Å². The lowest BCUT2D eigenvalue weighted by atomic mass is 10.2. The van der Waals surface area contributed by atoms with Crippen LogP contribution in [0.1, 0.15) is 12.0 Å². The Kier molecular flexibility index (Phi) is 3.68. The lowest BCUT2D eigenvalue weighted by molar-refractivity contribution is -0.150. The van der Waals surface area contributed by atoms with E-state index in [1.54, 1.807) is 0 Å². The topological polar surface area (TPSA) is 52.9 Å². The van der Waals surface area contributed by atoms with Crippen LogP contribution < -0.4 is 5.32 Å². The van der Waals surface area contributed by atoms with Gasteiger partial charge in [0.15, 0.2) is 0 Å². The molecule has 1 rings (SSSR count). The first-order valence-electron chi connectivity index (χ1n) is 4.38. The van der Waals surface area contributed by atoms with Crippen molar-refractivity contribution >= 4 is 11.6 Å². The molecule has 0 unspecified atom stereocenters. The van der Waals surface area contributed by atoms with Gasteiger partial charge < -0.3 is 5.32 Å². The third-order valence-electron chi connectivity index (χ3n) is 1.76. The largest absolute Gasteiger partial charge is 0.397 e. The van der Waals surface area contributed by atoms with E-state index in [-0.39, 0.29) is 5.69 Å². The molecule has 0 radical (unpaired) electrons. The summed E-state index contributed by atoms with van der Waals surface area (Å²) in [6, 6.07) is 4.76. The van der Waals surface area contributed by atoms with E-state index < -0.39 is 29.9 Å². The molecule has 0 aliphatic heterocycles. The summed E-state index contributed by atoms with van der Waals surface area (Å²) in [6.07, 6.45) is -6.33. The number of rotatable bonds is 2. The van der Waals surface area contributed by atoms with E-state index in [1.165, 1.54) is 12.1 Å². The van der Waals surface area contributed by atoms with Crippen LogP contribution in [-0.4, -0.2) is 12.1 Å². The fraction of sp³-hybridized carbons (Fsp3) is 0.200. The van der Waals surface area contributed by atoms with Gasteiger partial charge in [0.25, 0.3) is 0 Å². The minimum Gasteiger partial charge on any atom is -0.325 e. The van der Waals surface area contributed by atoms with Crippen LogP contribution in [0.5, 0.6) is 0 Å². The first-order valence-corrected chi connectivity index (χ1v) is 4.38. The summed E-state index contributed by atoms with van der Waals surface area (Å²) in [5.74, 6) is -2.25. The average molecular weight is 246 g/mol. The van der Waals surface area contributed by atoms with Crippen molar-refractivity contribution in [1.82, 2.24) is 0 Å². The van der Waals surface area contributed by atoms with Crippen LogP contribution in [0.15, 0.2) is 18.2 Å². The van der Waals surface area contributed by atoms with E-state index in [2.05, 4.69) is 0 Å². The van der Waals surface area contributed by atoms with Crippen LogP contribution in [0, 0.1) is 17.1 Å². The number of anilines is 1. The third kappa shape index (κ3) is 3.75. The first-order chi connectivity index (χ1) is 7.83. The second kappa shape index (κ2) is 4.82. The molecule has 0 aliphatic carbocycles. The van der Waals surface area contributed by atoms with Crippen molar-refractivity contribution in [3.8, 4) is 6.07 Å². The zero-order valence-corrected chi connectivity index (χ0v) is 8.31. The Morgan fingerprint density at radius 1 is 1.41 bits per heavy atom. The maximum absolute atomic E-state index is 13.0. The molecule has 0 saturated carbocycles. The van der Waals surface area contributed by atoms with E-state index in [0.29, 0.717) is 0 Å². The van der Waals surface area contributed by atoms with E-state index in [9.17, 15) is 22.4 Å². The molecule has 17 heavy (non-hydrogen) atoms. The van der Waals surface area contributed by atoms with Crippen molar-refractivity contribution in [2.75, 3.05) is 5.32 Å². The van der Waals surface area contributed by atoms with Gasteiger partial charge in [0.1, 0.15) is 23.9 Å². The number of amides is 1. The van der Waals surface area contributed by atoms with Crippen molar-refractivity contribution < 1.29 is 22.4 Å². The molecule has 0 aromatic heterocycles. The quantitative estimate of drug-likeness (QED) is 0.815. The molecule has 0 heterocycles. The Bertz CT molecular complexity index is 476. The molecule has 0 saturated heterocycles. The molecular formula is C10H6F4N2O. The molecule has 0 bridgehead atoms. The molecule has 0 fully saturated rings. The van der Waals surface area contributed by atoms with Gasteiger partial charge in [-0.15, -0.1) is 0 Å². The van der Waals surface area contributed by atoms with Crippen LogP contribution in [0.4, 0.5) is 23.2 Å². The number of hydrogen-bond donors (Lipinski definition) is 1.